The maximum absolute atomic E-state index is 14.5. The molecule has 0 fully saturated rings. The third kappa shape index (κ3) is 3.47. The smallest absolute Gasteiger partial charge is 0.184 e. The van der Waals surface area contributed by atoms with Crippen LogP contribution in [0.3, 0.4) is 0 Å². The number of halogens is 2. The average molecular weight is 366 g/mol. The Morgan fingerprint density at radius 3 is 2.78 bits per heavy atom. The van der Waals surface area contributed by atoms with Crippen molar-refractivity contribution < 1.29 is 8.78 Å². The van der Waals surface area contributed by atoms with Crippen molar-refractivity contribution in [2.75, 3.05) is 7.05 Å². The Morgan fingerprint density at radius 1 is 1.07 bits per heavy atom. The molecule has 0 bridgehead atoms. The molecule has 2 aromatic carbocycles. The number of hydrogen-bond acceptors (Lipinski definition) is 4. The third-order valence-corrected chi connectivity index (χ3v) is 4.08. The summed E-state index contributed by atoms with van der Waals surface area (Å²) >= 11 is 0. The minimum atomic E-state index is -0.443. The third-order valence-electron chi connectivity index (χ3n) is 4.08. The fourth-order valence-electron chi connectivity index (χ4n) is 2.80. The summed E-state index contributed by atoms with van der Waals surface area (Å²) in [6.45, 7) is 0.504. The summed E-state index contributed by atoms with van der Waals surface area (Å²) in [6.07, 6.45) is 3.50. The van der Waals surface area contributed by atoms with Crippen LogP contribution in [0.1, 0.15) is 17.1 Å². The van der Waals surface area contributed by atoms with Crippen molar-refractivity contribution in [3.63, 3.8) is 0 Å². The van der Waals surface area contributed by atoms with E-state index >= 15 is 0 Å². The van der Waals surface area contributed by atoms with Gasteiger partial charge in [0.2, 0.25) is 0 Å². The van der Waals surface area contributed by atoms with E-state index in [-0.39, 0.29) is 17.2 Å². The molecule has 136 valence electrons. The highest BCUT2D eigenvalue weighted by Crippen LogP contribution is 2.27. The summed E-state index contributed by atoms with van der Waals surface area (Å²) in [6, 6.07) is 9.26. The highest BCUT2D eigenvalue weighted by Gasteiger charge is 2.15. The predicted octanol–water partition coefficient (Wildman–Crippen LogP) is 3.52. The second kappa shape index (κ2) is 7.08. The monoisotopic (exact) mass is 366 g/mol. The Kier molecular flexibility index (Phi) is 4.47. The first-order valence-corrected chi connectivity index (χ1v) is 8.31. The van der Waals surface area contributed by atoms with Crippen molar-refractivity contribution in [3.8, 4) is 11.4 Å². The first kappa shape index (κ1) is 17.0. The van der Waals surface area contributed by atoms with Gasteiger partial charge in [0.15, 0.2) is 5.82 Å². The van der Waals surface area contributed by atoms with Crippen molar-refractivity contribution in [3.05, 3.63) is 65.1 Å². The van der Waals surface area contributed by atoms with E-state index in [1.165, 1.54) is 18.2 Å². The van der Waals surface area contributed by atoms with Crippen molar-refractivity contribution in [2.24, 2.45) is 0 Å². The van der Waals surface area contributed by atoms with E-state index in [4.69, 9.17) is 0 Å². The molecule has 0 amide bonds. The van der Waals surface area contributed by atoms with Gasteiger partial charge in [-0.05, 0) is 36.9 Å². The van der Waals surface area contributed by atoms with Gasteiger partial charge in [-0.25, -0.2) is 13.8 Å². The zero-order valence-corrected chi connectivity index (χ0v) is 14.4. The summed E-state index contributed by atoms with van der Waals surface area (Å²) in [5.74, 6) is 0.142. The van der Waals surface area contributed by atoms with Gasteiger partial charge >= 0.3 is 0 Å². The molecule has 0 saturated heterocycles. The number of benzene rings is 2. The number of rotatable bonds is 5. The SMILES string of the molecule is CNCc1nc(-c2cc3c(/C=C/c4cccc(F)c4)n[nH]c3cc2F)n[nH]1. The molecule has 0 atom stereocenters. The van der Waals surface area contributed by atoms with E-state index in [2.05, 4.69) is 30.7 Å². The van der Waals surface area contributed by atoms with Gasteiger partial charge < -0.3 is 5.32 Å². The van der Waals surface area contributed by atoms with Crippen molar-refractivity contribution in [1.82, 2.24) is 30.7 Å². The molecule has 4 aromatic rings. The molecule has 0 aliphatic rings. The first-order chi connectivity index (χ1) is 13.1. The van der Waals surface area contributed by atoms with Gasteiger partial charge in [-0.3, -0.25) is 10.2 Å². The van der Waals surface area contributed by atoms with Gasteiger partial charge in [0.1, 0.15) is 17.5 Å². The molecule has 4 rings (SSSR count). The highest BCUT2D eigenvalue weighted by atomic mass is 19.1. The lowest BCUT2D eigenvalue weighted by atomic mass is 10.1. The summed E-state index contributed by atoms with van der Waals surface area (Å²) in [7, 11) is 1.79. The van der Waals surface area contributed by atoms with Crippen LogP contribution in [0.15, 0.2) is 36.4 Å². The topological polar surface area (TPSA) is 82.3 Å². The Labute approximate surface area is 153 Å². The molecule has 27 heavy (non-hydrogen) atoms. The van der Waals surface area contributed by atoms with Crippen LogP contribution in [0.5, 0.6) is 0 Å². The number of aromatic amines is 2. The largest absolute Gasteiger partial charge is 0.313 e. The van der Waals surface area contributed by atoms with Crippen LogP contribution < -0.4 is 5.32 Å². The van der Waals surface area contributed by atoms with Gasteiger partial charge in [-0.1, -0.05) is 18.2 Å². The van der Waals surface area contributed by atoms with Crippen LogP contribution in [0.25, 0.3) is 34.4 Å². The average Bonchev–Trinajstić information content (AvgIpc) is 3.26. The van der Waals surface area contributed by atoms with Crippen molar-refractivity contribution >= 4 is 23.1 Å². The van der Waals surface area contributed by atoms with E-state index in [1.807, 2.05) is 0 Å². The zero-order chi connectivity index (χ0) is 18.8. The standard InChI is InChI=1S/C19H16F2N6/c1-22-10-18-23-19(27-26-18)13-8-14-16(24-25-17(14)9-15(13)21)6-5-11-3-2-4-12(20)7-11/h2-9,22H,10H2,1H3,(H,24,25)(H,23,26,27)/b6-5+. The molecule has 0 spiro atoms. The summed E-state index contributed by atoms with van der Waals surface area (Å²) in [4.78, 5) is 4.30. The maximum atomic E-state index is 14.5. The van der Waals surface area contributed by atoms with Gasteiger partial charge in [0.25, 0.3) is 0 Å². The fourth-order valence-corrected chi connectivity index (χ4v) is 2.80. The van der Waals surface area contributed by atoms with Gasteiger partial charge in [-0.2, -0.15) is 10.2 Å². The van der Waals surface area contributed by atoms with E-state index in [1.54, 1.807) is 37.4 Å². The van der Waals surface area contributed by atoms with Crippen LogP contribution in [0, 0.1) is 11.6 Å². The molecule has 2 heterocycles. The molecule has 2 aromatic heterocycles. The van der Waals surface area contributed by atoms with Crippen LogP contribution in [-0.4, -0.2) is 32.4 Å². The molecular formula is C19H16F2N6. The Bertz CT molecular complexity index is 1130. The quantitative estimate of drug-likeness (QED) is 0.505. The van der Waals surface area contributed by atoms with Crippen LogP contribution in [-0.2, 0) is 6.54 Å². The maximum Gasteiger partial charge on any atom is 0.184 e. The lowest BCUT2D eigenvalue weighted by Crippen LogP contribution is -2.06. The van der Waals surface area contributed by atoms with Gasteiger partial charge in [0, 0.05) is 11.5 Å². The minimum Gasteiger partial charge on any atom is -0.313 e. The molecule has 0 aliphatic heterocycles. The van der Waals surface area contributed by atoms with E-state index in [0.717, 1.165) is 5.39 Å². The van der Waals surface area contributed by atoms with Gasteiger partial charge in [0.05, 0.1) is 23.3 Å². The molecule has 0 aliphatic carbocycles. The second-order valence-electron chi connectivity index (χ2n) is 6.01. The van der Waals surface area contributed by atoms with Crippen molar-refractivity contribution in [1.29, 1.82) is 0 Å². The molecule has 3 N–H and O–H groups in total. The van der Waals surface area contributed by atoms with Crippen LogP contribution >= 0.6 is 0 Å². The van der Waals surface area contributed by atoms with Crippen molar-refractivity contribution in [2.45, 2.75) is 6.54 Å². The van der Waals surface area contributed by atoms with E-state index in [0.29, 0.717) is 29.1 Å². The van der Waals surface area contributed by atoms with E-state index in [9.17, 15) is 8.78 Å². The molecule has 0 saturated carbocycles. The minimum absolute atomic E-state index is 0.279. The van der Waals surface area contributed by atoms with Gasteiger partial charge in [-0.15, -0.1) is 0 Å². The lowest BCUT2D eigenvalue weighted by molar-refractivity contribution is 0.627. The molecule has 0 unspecified atom stereocenters. The second-order valence-corrected chi connectivity index (χ2v) is 6.01. The number of aromatic nitrogens is 5. The fraction of sp³-hybridized carbons (Fsp3) is 0.105. The molecule has 8 heteroatoms. The number of nitrogens with zero attached hydrogens (tertiary/aromatic N) is 3. The number of H-pyrrole nitrogens is 2. The number of hydrogen-bond donors (Lipinski definition) is 3. The Morgan fingerprint density at radius 2 is 1.96 bits per heavy atom. The summed E-state index contributed by atoms with van der Waals surface area (Å²) in [5.41, 5.74) is 2.16. The zero-order valence-electron chi connectivity index (χ0n) is 14.4. The molecule has 6 nitrogen and oxygen atoms in total. The Balaban J connectivity index is 1.73. The van der Waals surface area contributed by atoms with E-state index < -0.39 is 5.82 Å². The first-order valence-electron chi connectivity index (χ1n) is 8.31. The van der Waals surface area contributed by atoms with Crippen LogP contribution in [0.2, 0.25) is 0 Å². The normalized spacial score (nSPS) is 11.7. The predicted molar refractivity (Wildman–Crippen MR) is 99.5 cm³/mol. The Hall–Kier alpha value is -3.39. The van der Waals surface area contributed by atoms with Crippen LogP contribution in [0.4, 0.5) is 8.78 Å². The number of fused-ring (bicyclic) bond motifs is 1. The number of nitrogens with one attached hydrogen (secondary N) is 3. The molecule has 0 radical (unpaired) electrons. The lowest BCUT2D eigenvalue weighted by Gasteiger charge is -1.99. The highest BCUT2D eigenvalue weighted by molar-refractivity contribution is 5.92. The summed E-state index contributed by atoms with van der Waals surface area (Å²) < 4.78 is 27.8. The summed E-state index contributed by atoms with van der Waals surface area (Å²) in [5, 5.41) is 17.6. The molecular weight excluding hydrogens is 350 g/mol.